The Balaban J connectivity index is 1.45. The number of rotatable bonds is 2. The molecule has 7 nitrogen and oxygen atoms in total. The van der Waals surface area contributed by atoms with Crippen LogP contribution >= 0.6 is 11.3 Å². The highest BCUT2D eigenvalue weighted by Crippen LogP contribution is 2.24. The Morgan fingerprint density at radius 3 is 3.12 bits per heavy atom. The van der Waals surface area contributed by atoms with Crippen LogP contribution in [0.3, 0.4) is 0 Å². The summed E-state index contributed by atoms with van der Waals surface area (Å²) in [4.78, 5) is 31.0. The van der Waals surface area contributed by atoms with Crippen LogP contribution in [0.25, 0.3) is 15.7 Å². The lowest BCUT2D eigenvalue weighted by molar-refractivity contribution is -0.134. The molecule has 0 aliphatic carbocycles. The Kier molecular flexibility index (Phi) is 3.65. The molecule has 0 N–H and O–H groups in total. The molecule has 1 atom stereocenters. The number of carbonyl (C=O) groups excluding carboxylic acids is 1. The maximum Gasteiger partial charge on any atom is 0.291 e. The quantitative estimate of drug-likeness (QED) is 0.682. The van der Waals surface area contributed by atoms with Crippen molar-refractivity contribution >= 4 is 33.0 Å². The highest BCUT2D eigenvalue weighted by atomic mass is 32.1. The molecule has 5 rings (SSSR count). The smallest absolute Gasteiger partial charge is 0.291 e. The molecule has 5 heterocycles. The van der Waals surface area contributed by atoms with E-state index in [9.17, 15) is 9.59 Å². The minimum Gasteiger partial charge on any atom is -0.338 e. The van der Waals surface area contributed by atoms with Crippen molar-refractivity contribution in [2.45, 2.75) is 32.4 Å². The molecule has 136 valence electrons. The van der Waals surface area contributed by atoms with Gasteiger partial charge in [0.15, 0.2) is 0 Å². The fraction of sp³-hybridized carbons (Fsp3) is 0.500. The lowest BCUT2D eigenvalue weighted by Gasteiger charge is -2.37. The number of aromatic nitrogens is 3. The van der Waals surface area contributed by atoms with Crippen LogP contribution < -0.4 is 5.56 Å². The van der Waals surface area contributed by atoms with Gasteiger partial charge in [-0.1, -0.05) is 0 Å². The highest BCUT2D eigenvalue weighted by Gasteiger charge is 2.32. The molecular weight excluding hydrogens is 350 g/mol. The summed E-state index contributed by atoms with van der Waals surface area (Å²) in [5.41, 5.74) is 0.389. The number of carbonyl (C=O) groups is 1. The number of aryl methyl sites for hydroxylation is 1. The van der Waals surface area contributed by atoms with E-state index in [2.05, 4.69) is 10.00 Å². The zero-order chi connectivity index (χ0) is 17.8. The van der Waals surface area contributed by atoms with Crippen molar-refractivity contribution in [1.29, 1.82) is 0 Å². The third kappa shape index (κ3) is 2.39. The molecule has 2 aliphatic rings. The lowest BCUT2D eigenvalue weighted by Crippen LogP contribution is -2.53. The molecule has 0 radical (unpaired) electrons. The highest BCUT2D eigenvalue weighted by molar-refractivity contribution is 7.16. The summed E-state index contributed by atoms with van der Waals surface area (Å²) in [5, 5.41) is 7.47. The maximum atomic E-state index is 12.9. The largest absolute Gasteiger partial charge is 0.338 e. The molecule has 0 bridgehead atoms. The predicted molar refractivity (Wildman–Crippen MR) is 101 cm³/mol. The Morgan fingerprint density at radius 2 is 2.23 bits per heavy atom. The van der Waals surface area contributed by atoms with Crippen LogP contribution in [-0.2, 0) is 11.3 Å². The van der Waals surface area contributed by atoms with Crippen LogP contribution in [0.5, 0.6) is 0 Å². The van der Waals surface area contributed by atoms with Crippen molar-refractivity contribution in [2.24, 2.45) is 0 Å². The molecule has 1 unspecified atom stereocenters. The van der Waals surface area contributed by atoms with Crippen LogP contribution in [0.4, 0.5) is 0 Å². The number of amides is 1. The van der Waals surface area contributed by atoms with Crippen LogP contribution in [0.2, 0.25) is 0 Å². The average Bonchev–Trinajstić information content (AvgIpc) is 3.33. The van der Waals surface area contributed by atoms with Crippen LogP contribution in [0.15, 0.2) is 22.3 Å². The van der Waals surface area contributed by atoms with Crippen molar-refractivity contribution in [3.05, 3.63) is 33.7 Å². The predicted octanol–water partition coefficient (Wildman–Crippen LogP) is 1.33. The van der Waals surface area contributed by atoms with Gasteiger partial charge in [0.05, 0.1) is 0 Å². The second-order valence-electron chi connectivity index (χ2n) is 7.23. The van der Waals surface area contributed by atoms with Gasteiger partial charge in [-0.2, -0.15) is 5.10 Å². The molecule has 1 amide bonds. The topological polar surface area (TPSA) is 62.9 Å². The van der Waals surface area contributed by atoms with E-state index in [-0.39, 0.29) is 18.0 Å². The first-order valence-electron chi connectivity index (χ1n) is 9.10. The second kappa shape index (κ2) is 5.92. The molecule has 8 heteroatoms. The summed E-state index contributed by atoms with van der Waals surface area (Å²) in [6, 6.07) is 4.38. The normalized spacial score (nSPS) is 21.0. The van der Waals surface area contributed by atoms with E-state index in [0.717, 1.165) is 48.6 Å². The van der Waals surface area contributed by atoms with Gasteiger partial charge < -0.3 is 4.90 Å². The number of thiophene rings is 1. The van der Waals surface area contributed by atoms with Gasteiger partial charge in [0.2, 0.25) is 5.91 Å². The molecule has 2 fully saturated rings. The number of nitrogens with zero attached hydrogens (tertiary/aromatic N) is 5. The third-order valence-electron chi connectivity index (χ3n) is 5.68. The molecular formula is C18H21N5O2S. The van der Waals surface area contributed by atoms with Gasteiger partial charge in [0.25, 0.3) is 5.56 Å². The number of hydrogen-bond acceptors (Lipinski definition) is 5. The fourth-order valence-corrected chi connectivity index (χ4v) is 5.30. The van der Waals surface area contributed by atoms with Crippen molar-refractivity contribution in [2.75, 3.05) is 26.2 Å². The molecule has 3 aromatic rings. The van der Waals surface area contributed by atoms with Gasteiger partial charge in [-0.15, -0.1) is 11.3 Å². The van der Waals surface area contributed by atoms with E-state index in [0.29, 0.717) is 11.6 Å². The Hall–Kier alpha value is -2.19. The van der Waals surface area contributed by atoms with E-state index >= 15 is 0 Å². The molecule has 2 saturated heterocycles. The Bertz CT molecular complexity index is 1060. The molecule has 26 heavy (non-hydrogen) atoms. The van der Waals surface area contributed by atoms with Crippen molar-refractivity contribution in [3.63, 3.8) is 0 Å². The first-order chi connectivity index (χ1) is 12.6. The zero-order valence-corrected chi connectivity index (χ0v) is 15.5. The molecule has 2 aliphatic heterocycles. The lowest BCUT2D eigenvalue weighted by atomic mass is 10.1. The maximum absolute atomic E-state index is 12.9. The minimum absolute atomic E-state index is 0.0109. The summed E-state index contributed by atoms with van der Waals surface area (Å²) in [6.45, 7) is 5.49. The first kappa shape index (κ1) is 16.0. The summed E-state index contributed by atoms with van der Waals surface area (Å²) in [6.07, 6.45) is 2.38. The monoisotopic (exact) mass is 371 g/mol. The average molecular weight is 371 g/mol. The van der Waals surface area contributed by atoms with Crippen LogP contribution in [-0.4, -0.2) is 62.1 Å². The standard InChI is InChI=1S/C18H21N5O2S/c1-12-19-22(17(25)15-9-13-4-8-26-18(13)23(12)15)11-16(24)21-7-6-20-5-2-3-14(20)10-21/h4,8-9,14H,2-3,5-7,10-11H2,1H3. The van der Waals surface area contributed by atoms with Gasteiger partial charge >= 0.3 is 0 Å². The summed E-state index contributed by atoms with van der Waals surface area (Å²) in [7, 11) is 0. The summed E-state index contributed by atoms with van der Waals surface area (Å²) < 4.78 is 3.22. The van der Waals surface area contributed by atoms with E-state index < -0.39 is 0 Å². The summed E-state index contributed by atoms with van der Waals surface area (Å²) in [5.74, 6) is 0.716. The van der Waals surface area contributed by atoms with Gasteiger partial charge in [0.1, 0.15) is 22.7 Å². The Morgan fingerprint density at radius 1 is 1.35 bits per heavy atom. The molecule has 0 spiro atoms. The first-order valence-corrected chi connectivity index (χ1v) is 9.98. The molecule has 3 aromatic heterocycles. The second-order valence-corrected chi connectivity index (χ2v) is 8.12. The third-order valence-corrected chi connectivity index (χ3v) is 6.59. The number of fused-ring (bicyclic) bond motifs is 4. The van der Waals surface area contributed by atoms with E-state index in [1.54, 1.807) is 11.3 Å². The summed E-state index contributed by atoms with van der Waals surface area (Å²) >= 11 is 1.59. The SMILES string of the molecule is Cc1nn(CC(=O)N2CCN3CCCC3C2)c(=O)c2cc3ccsc3n12. The van der Waals surface area contributed by atoms with E-state index in [4.69, 9.17) is 0 Å². The van der Waals surface area contributed by atoms with Crippen molar-refractivity contribution in [3.8, 4) is 0 Å². The van der Waals surface area contributed by atoms with Gasteiger partial charge in [-0.25, -0.2) is 4.68 Å². The number of hydrogen-bond donors (Lipinski definition) is 0. The van der Waals surface area contributed by atoms with Crippen LogP contribution in [0.1, 0.15) is 18.7 Å². The number of piperazine rings is 1. The van der Waals surface area contributed by atoms with Crippen LogP contribution in [0, 0.1) is 6.92 Å². The van der Waals surface area contributed by atoms with Crippen molar-refractivity contribution < 1.29 is 4.79 Å². The Labute approximate surface area is 154 Å². The van der Waals surface area contributed by atoms with Crippen molar-refractivity contribution in [1.82, 2.24) is 24.0 Å². The fourth-order valence-electron chi connectivity index (χ4n) is 4.35. The van der Waals surface area contributed by atoms with Gasteiger partial charge in [0, 0.05) is 31.1 Å². The molecule has 0 saturated carbocycles. The van der Waals surface area contributed by atoms with Gasteiger partial charge in [-0.3, -0.25) is 18.9 Å². The minimum atomic E-state index is -0.202. The van der Waals surface area contributed by atoms with E-state index in [1.165, 1.54) is 11.1 Å². The van der Waals surface area contributed by atoms with E-state index in [1.807, 2.05) is 33.7 Å². The zero-order valence-electron chi connectivity index (χ0n) is 14.7. The molecule has 0 aromatic carbocycles. The van der Waals surface area contributed by atoms with Gasteiger partial charge in [-0.05, 0) is 43.8 Å².